The van der Waals surface area contributed by atoms with E-state index < -0.39 is 12.6 Å². The minimum atomic E-state index is -4.23. The molecule has 0 N–H and O–H groups in total. The minimum absolute atomic E-state index is 0.103. The molecule has 0 aliphatic carbocycles. The molecule has 0 spiro atoms. The van der Waals surface area contributed by atoms with Gasteiger partial charge in [0, 0.05) is 11.6 Å². The van der Waals surface area contributed by atoms with Crippen molar-refractivity contribution in [3.8, 4) is 11.5 Å². The average molecular weight is 220 g/mol. The van der Waals surface area contributed by atoms with Crippen molar-refractivity contribution in [1.29, 1.82) is 0 Å². The molecule has 0 unspecified atom stereocenters. The first kappa shape index (κ1) is 11.7. The number of rotatable bonds is 3. The van der Waals surface area contributed by atoms with Crippen LogP contribution in [-0.2, 0) is 6.42 Å². The van der Waals surface area contributed by atoms with Gasteiger partial charge >= 0.3 is 6.18 Å². The van der Waals surface area contributed by atoms with Crippen molar-refractivity contribution in [2.75, 3.05) is 14.2 Å². The number of halogens is 3. The molecule has 5 heteroatoms. The first-order chi connectivity index (χ1) is 6.96. The zero-order valence-electron chi connectivity index (χ0n) is 8.39. The molecule has 0 radical (unpaired) electrons. The van der Waals surface area contributed by atoms with E-state index in [1.807, 2.05) is 0 Å². The number of ether oxygens (including phenoxy) is 2. The third-order valence-corrected chi connectivity index (χ3v) is 1.89. The van der Waals surface area contributed by atoms with Crippen LogP contribution in [0.15, 0.2) is 18.2 Å². The summed E-state index contributed by atoms with van der Waals surface area (Å²) in [5.74, 6) is 0.657. The zero-order chi connectivity index (χ0) is 11.5. The van der Waals surface area contributed by atoms with E-state index in [9.17, 15) is 13.2 Å². The highest BCUT2D eigenvalue weighted by Gasteiger charge is 2.29. The predicted molar refractivity (Wildman–Crippen MR) is 49.3 cm³/mol. The molecule has 1 aromatic carbocycles. The molecule has 0 amide bonds. The molecular weight excluding hydrogens is 209 g/mol. The van der Waals surface area contributed by atoms with Gasteiger partial charge in [-0.25, -0.2) is 0 Å². The van der Waals surface area contributed by atoms with E-state index in [-0.39, 0.29) is 11.3 Å². The summed E-state index contributed by atoms with van der Waals surface area (Å²) < 4.78 is 46.2. The predicted octanol–water partition coefficient (Wildman–Crippen LogP) is 2.81. The lowest BCUT2D eigenvalue weighted by Crippen LogP contribution is -2.12. The monoisotopic (exact) mass is 220 g/mol. The fraction of sp³-hybridized carbons (Fsp3) is 0.400. The van der Waals surface area contributed by atoms with Gasteiger partial charge in [0.2, 0.25) is 0 Å². The minimum Gasteiger partial charge on any atom is -0.497 e. The van der Waals surface area contributed by atoms with E-state index >= 15 is 0 Å². The highest BCUT2D eigenvalue weighted by atomic mass is 19.4. The molecule has 1 aromatic rings. The fourth-order valence-corrected chi connectivity index (χ4v) is 1.21. The molecule has 0 bridgehead atoms. The summed E-state index contributed by atoms with van der Waals surface area (Å²) in [6.07, 6.45) is -5.23. The van der Waals surface area contributed by atoms with Crippen LogP contribution in [0.25, 0.3) is 0 Å². The molecular formula is C10H11F3O2. The Morgan fingerprint density at radius 2 is 1.80 bits per heavy atom. The summed E-state index contributed by atoms with van der Waals surface area (Å²) in [5.41, 5.74) is 0.103. The molecule has 1 rings (SSSR count). The highest BCUT2D eigenvalue weighted by Crippen LogP contribution is 2.30. The van der Waals surface area contributed by atoms with E-state index in [1.165, 1.54) is 32.4 Å². The summed E-state index contributed by atoms with van der Waals surface area (Å²) >= 11 is 0. The maximum absolute atomic E-state index is 12.2. The third-order valence-electron chi connectivity index (χ3n) is 1.89. The van der Waals surface area contributed by atoms with Crippen LogP contribution in [0.4, 0.5) is 13.2 Å². The van der Waals surface area contributed by atoms with Crippen LogP contribution < -0.4 is 9.47 Å². The number of hydrogen-bond donors (Lipinski definition) is 0. The Morgan fingerprint density at radius 3 is 2.27 bits per heavy atom. The molecule has 0 saturated carbocycles. The maximum atomic E-state index is 12.2. The number of hydrogen-bond acceptors (Lipinski definition) is 2. The van der Waals surface area contributed by atoms with Crippen LogP contribution in [0.2, 0.25) is 0 Å². The van der Waals surface area contributed by atoms with Crippen LogP contribution in [0, 0.1) is 0 Å². The molecule has 15 heavy (non-hydrogen) atoms. The van der Waals surface area contributed by atoms with Crippen LogP contribution in [-0.4, -0.2) is 20.4 Å². The molecule has 0 aliphatic heterocycles. The van der Waals surface area contributed by atoms with Gasteiger partial charge < -0.3 is 9.47 Å². The second-order valence-electron chi connectivity index (χ2n) is 2.97. The normalized spacial score (nSPS) is 11.3. The summed E-state index contributed by atoms with van der Waals surface area (Å²) in [7, 11) is 2.77. The van der Waals surface area contributed by atoms with Crippen LogP contribution in [0.1, 0.15) is 5.56 Å². The molecule has 0 saturated heterocycles. The molecule has 84 valence electrons. The Hall–Kier alpha value is -1.39. The number of methoxy groups -OCH3 is 2. The molecule has 0 heterocycles. The Bertz CT molecular complexity index is 334. The van der Waals surface area contributed by atoms with Gasteiger partial charge in [0.25, 0.3) is 0 Å². The third kappa shape index (κ3) is 3.34. The van der Waals surface area contributed by atoms with Crippen molar-refractivity contribution in [2.24, 2.45) is 0 Å². The Balaban J connectivity index is 2.97. The van der Waals surface area contributed by atoms with E-state index in [1.54, 1.807) is 0 Å². The first-order valence-corrected chi connectivity index (χ1v) is 4.24. The van der Waals surface area contributed by atoms with Gasteiger partial charge in [-0.15, -0.1) is 0 Å². The van der Waals surface area contributed by atoms with Crippen molar-refractivity contribution in [3.63, 3.8) is 0 Å². The second-order valence-corrected chi connectivity index (χ2v) is 2.97. The van der Waals surface area contributed by atoms with Crippen LogP contribution >= 0.6 is 0 Å². The zero-order valence-corrected chi connectivity index (χ0v) is 8.39. The van der Waals surface area contributed by atoms with Gasteiger partial charge in [0.05, 0.1) is 20.6 Å². The van der Waals surface area contributed by atoms with Crippen molar-refractivity contribution < 1.29 is 22.6 Å². The lowest BCUT2D eigenvalue weighted by Gasteiger charge is -2.11. The standard InChI is InChI=1S/C10H11F3O2/c1-14-8-4-3-7(6-10(11,12)13)9(5-8)15-2/h3-5H,6H2,1-2H3. The highest BCUT2D eigenvalue weighted by molar-refractivity contribution is 5.41. The quantitative estimate of drug-likeness (QED) is 0.779. The van der Waals surface area contributed by atoms with Gasteiger partial charge in [-0.1, -0.05) is 6.07 Å². The SMILES string of the molecule is COc1ccc(CC(F)(F)F)c(OC)c1. The van der Waals surface area contributed by atoms with Gasteiger partial charge in [0.15, 0.2) is 0 Å². The van der Waals surface area contributed by atoms with Crippen molar-refractivity contribution in [2.45, 2.75) is 12.6 Å². The van der Waals surface area contributed by atoms with E-state index in [2.05, 4.69) is 0 Å². The van der Waals surface area contributed by atoms with Crippen LogP contribution in [0.5, 0.6) is 11.5 Å². The average Bonchev–Trinajstić information content (AvgIpc) is 2.16. The van der Waals surface area contributed by atoms with Crippen molar-refractivity contribution >= 4 is 0 Å². The molecule has 0 aliphatic rings. The fourth-order valence-electron chi connectivity index (χ4n) is 1.21. The summed E-state index contributed by atoms with van der Waals surface area (Å²) in [6, 6.07) is 4.26. The van der Waals surface area contributed by atoms with Crippen LogP contribution in [0.3, 0.4) is 0 Å². The van der Waals surface area contributed by atoms with Gasteiger partial charge in [0.1, 0.15) is 11.5 Å². The summed E-state index contributed by atoms with van der Waals surface area (Å²) in [5, 5.41) is 0. The molecule has 2 nitrogen and oxygen atoms in total. The smallest absolute Gasteiger partial charge is 0.393 e. The van der Waals surface area contributed by atoms with E-state index in [4.69, 9.17) is 9.47 Å². The Kier molecular flexibility index (Phi) is 3.44. The summed E-state index contributed by atoms with van der Waals surface area (Å²) in [4.78, 5) is 0. The van der Waals surface area contributed by atoms with Crippen molar-refractivity contribution in [1.82, 2.24) is 0 Å². The Morgan fingerprint density at radius 1 is 1.13 bits per heavy atom. The van der Waals surface area contributed by atoms with E-state index in [0.29, 0.717) is 5.75 Å². The number of benzene rings is 1. The second kappa shape index (κ2) is 4.42. The lowest BCUT2D eigenvalue weighted by molar-refractivity contribution is -0.127. The van der Waals surface area contributed by atoms with E-state index in [0.717, 1.165) is 0 Å². The molecule has 0 fully saturated rings. The van der Waals surface area contributed by atoms with Gasteiger partial charge in [-0.2, -0.15) is 13.2 Å². The molecule has 0 aromatic heterocycles. The largest absolute Gasteiger partial charge is 0.497 e. The molecule has 0 atom stereocenters. The van der Waals surface area contributed by atoms with Crippen molar-refractivity contribution in [3.05, 3.63) is 23.8 Å². The topological polar surface area (TPSA) is 18.5 Å². The Labute approximate surface area is 85.6 Å². The van der Waals surface area contributed by atoms with Gasteiger partial charge in [-0.3, -0.25) is 0 Å². The lowest BCUT2D eigenvalue weighted by atomic mass is 10.1. The first-order valence-electron chi connectivity index (χ1n) is 4.24. The van der Waals surface area contributed by atoms with Gasteiger partial charge in [-0.05, 0) is 6.07 Å². The maximum Gasteiger partial charge on any atom is 0.393 e. The summed E-state index contributed by atoms with van der Waals surface area (Å²) in [6.45, 7) is 0. The number of alkyl halides is 3.